The quantitative estimate of drug-likeness (QED) is 0.667. The molecule has 18 heavy (non-hydrogen) atoms. The highest BCUT2D eigenvalue weighted by Gasteiger charge is 2.12. The summed E-state index contributed by atoms with van der Waals surface area (Å²) in [6, 6.07) is 10.1. The Morgan fingerprint density at radius 3 is 2.72 bits per heavy atom. The molecule has 0 bridgehead atoms. The van der Waals surface area contributed by atoms with E-state index in [9.17, 15) is 0 Å². The van der Waals surface area contributed by atoms with E-state index in [1.807, 2.05) is 29.8 Å². The van der Waals surface area contributed by atoms with Crippen LogP contribution in [-0.2, 0) is 7.05 Å². The third kappa shape index (κ3) is 1.59. The number of nitrogens with zero attached hydrogens (tertiary/aromatic N) is 3. The second-order valence-electron chi connectivity index (χ2n) is 4.30. The minimum absolute atomic E-state index is 0.667. The highest BCUT2D eigenvalue weighted by molar-refractivity contribution is 6.31. The molecule has 0 aliphatic rings. The molecule has 0 spiro atoms. The molecule has 3 rings (SSSR count). The van der Waals surface area contributed by atoms with Crippen LogP contribution in [0.3, 0.4) is 0 Å². The van der Waals surface area contributed by atoms with E-state index >= 15 is 0 Å². The van der Waals surface area contributed by atoms with Crippen molar-refractivity contribution in [2.75, 3.05) is 0 Å². The number of hydrogen-bond donors (Lipinski definition) is 0. The predicted octanol–water partition coefficient (Wildman–Crippen LogP) is 3.60. The molecule has 0 aliphatic carbocycles. The van der Waals surface area contributed by atoms with Crippen LogP contribution in [0.1, 0.15) is 5.56 Å². The van der Waals surface area contributed by atoms with Crippen LogP contribution >= 0.6 is 11.6 Å². The van der Waals surface area contributed by atoms with Crippen LogP contribution < -0.4 is 0 Å². The van der Waals surface area contributed by atoms with Gasteiger partial charge in [-0.3, -0.25) is 0 Å². The van der Waals surface area contributed by atoms with Crippen LogP contribution in [0.4, 0.5) is 0 Å². The third-order valence-corrected chi connectivity index (χ3v) is 3.53. The maximum absolute atomic E-state index is 6.15. The normalized spacial score (nSPS) is 11.1. The molecule has 3 aromatic rings. The first-order valence-corrected chi connectivity index (χ1v) is 6.08. The van der Waals surface area contributed by atoms with Gasteiger partial charge in [-0.15, -0.1) is 0 Å². The Bertz CT molecular complexity index is 731. The van der Waals surface area contributed by atoms with Gasteiger partial charge in [-0.2, -0.15) is 0 Å². The highest BCUT2D eigenvalue weighted by Crippen LogP contribution is 2.30. The first kappa shape index (κ1) is 11.2. The lowest BCUT2D eigenvalue weighted by molar-refractivity contribution is 0.945. The van der Waals surface area contributed by atoms with E-state index in [4.69, 9.17) is 11.6 Å². The van der Waals surface area contributed by atoms with E-state index in [1.165, 1.54) is 5.56 Å². The molecule has 0 radical (unpaired) electrons. The van der Waals surface area contributed by atoms with Gasteiger partial charge in [0, 0.05) is 18.0 Å². The molecule has 1 aromatic carbocycles. The summed E-state index contributed by atoms with van der Waals surface area (Å²) in [6.07, 6.45) is 1.58. The summed E-state index contributed by atoms with van der Waals surface area (Å²) >= 11 is 6.15. The van der Waals surface area contributed by atoms with Gasteiger partial charge < -0.3 is 4.57 Å². The molecule has 4 heteroatoms. The van der Waals surface area contributed by atoms with E-state index in [0.717, 1.165) is 22.3 Å². The molecule has 0 aliphatic heterocycles. The van der Waals surface area contributed by atoms with Crippen LogP contribution in [0.5, 0.6) is 0 Å². The summed E-state index contributed by atoms with van der Waals surface area (Å²) in [4.78, 5) is 8.69. The summed E-state index contributed by atoms with van der Waals surface area (Å²) in [5.41, 5.74) is 4.10. The van der Waals surface area contributed by atoms with Gasteiger partial charge in [0.1, 0.15) is 17.1 Å². The van der Waals surface area contributed by atoms with Crippen molar-refractivity contribution in [3.63, 3.8) is 0 Å². The molecule has 0 unspecified atom stereocenters. The van der Waals surface area contributed by atoms with Gasteiger partial charge in [0.25, 0.3) is 0 Å². The average molecular weight is 258 g/mol. The van der Waals surface area contributed by atoms with E-state index in [0.29, 0.717) is 5.15 Å². The smallest absolute Gasteiger partial charge is 0.144 e. The minimum atomic E-state index is 0.667. The van der Waals surface area contributed by atoms with Crippen molar-refractivity contribution in [1.82, 2.24) is 14.5 Å². The first-order chi connectivity index (χ1) is 8.68. The van der Waals surface area contributed by atoms with Crippen molar-refractivity contribution >= 4 is 22.6 Å². The van der Waals surface area contributed by atoms with Crippen molar-refractivity contribution in [1.29, 1.82) is 0 Å². The maximum Gasteiger partial charge on any atom is 0.144 e. The van der Waals surface area contributed by atoms with Crippen molar-refractivity contribution in [2.24, 2.45) is 7.05 Å². The molecule has 0 atom stereocenters. The summed E-state index contributed by atoms with van der Waals surface area (Å²) in [6.45, 7) is 2.08. The van der Waals surface area contributed by atoms with E-state index in [1.54, 1.807) is 6.33 Å². The number of aryl methyl sites for hydroxylation is 2. The second kappa shape index (κ2) is 4.10. The lowest BCUT2D eigenvalue weighted by atomic mass is 10.0. The number of rotatable bonds is 1. The molecule has 2 heterocycles. The topological polar surface area (TPSA) is 30.7 Å². The van der Waals surface area contributed by atoms with Gasteiger partial charge in [0.05, 0.1) is 5.69 Å². The standard InChI is InChI=1S/C14H12ClN3/c1-9-5-3-4-6-10(9)13-11-7-12(15)18(2)14(11)17-8-16-13/h3-8H,1-2H3. The Balaban J connectivity index is 2.37. The lowest BCUT2D eigenvalue weighted by Gasteiger charge is -2.05. The zero-order chi connectivity index (χ0) is 12.7. The molecule has 0 saturated heterocycles. The Morgan fingerprint density at radius 2 is 1.94 bits per heavy atom. The van der Waals surface area contributed by atoms with Crippen LogP contribution in [0.15, 0.2) is 36.7 Å². The van der Waals surface area contributed by atoms with Gasteiger partial charge in [0.2, 0.25) is 0 Å². The first-order valence-electron chi connectivity index (χ1n) is 5.70. The molecule has 0 amide bonds. The van der Waals surface area contributed by atoms with Crippen LogP contribution in [0.2, 0.25) is 5.15 Å². The Morgan fingerprint density at radius 1 is 1.17 bits per heavy atom. The molecule has 0 N–H and O–H groups in total. The van der Waals surface area contributed by atoms with Crippen LogP contribution in [0.25, 0.3) is 22.3 Å². The predicted molar refractivity (Wildman–Crippen MR) is 73.7 cm³/mol. The largest absolute Gasteiger partial charge is 0.319 e. The fourth-order valence-corrected chi connectivity index (χ4v) is 2.35. The Labute approximate surface area is 110 Å². The highest BCUT2D eigenvalue weighted by atomic mass is 35.5. The molecule has 90 valence electrons. The number of halogens is 1. The fourth-order valence-electron chi connectivity index (χ4n) is 2.16. The number of aromatic nitrogens is 3. The van der Waals surface area contributed by atoms with Crippen molar-refractivity contribution in [2.45, 2.75) is 6.92 Å². The maximum atomic E-state index is 6.15. The number of fused-ring (bicyclic) bond motifs is 1. The molecule has 0 saturated carbocycles. The molecular weight excluding hydrogens is 246 g/mol. The van der Waals surface area contributed by atoms with Gasteiger partial charge >= 0.3 is 0 Å². The SMILES string of the molecule is Cc1ccccc1-c1ncnc2c1cc(Cl)n2C. The molecular formula is C14H12ClN3. The zero-order valence-corrected chi connectivity index (χ0v) is 10.9. The van der Waals surface area contributed by atoms with E-state index < -0.39 is 0 Å². The molecule has 2 aromatic heterocycles. The van der Waals surface area contributed by atoms with Gasteiger partial charge in [-0.25, -0.2) is 9.97 Å². The zero-order valence-electron chi connectivity index (χ0n) is 10.2. The third-order valence-electron chi connectivity index (χ3n) is 3.16. The van der Waals surface area contributed by atoms with Crippen LogP contribution in [0, 0.1) is 6.92 Å². The number of hydrogen-bond acceptors (Lipinski definition) is 2. The van der Waals surface area contributed by atoms with E-state index in [-0.39, 0.29) is 0 Å². The number of benzene rings is 1. The van der Waals surface area contributed by atoms with Gasteiger partial charge in [-0.05, 0) is 18.6 Å². The summed E-state index contributed by atoms with van der Waals surface area (Å²) in [7, 11) is 1.90. The summed E-state index contributed by atoms with van der Waals surface area (Å²) < 4.78 is 1.86. The van der Waals surface area contributed by atoms with Crippen molar-refractivity contribution in [3.8, 4) is 11.3 Å². The lowest BCUT2D eigenvalue weighted by Crippen LogP contribution is -1.93. The van der Waals surface area contributed by atoms with Crippen LogP contribution in [-0.4, -0.2) is 14.5 Å². The summed E-state index contributed by atoms with van der Waals surface area (Å²) in [5, 5.41) is 1.65. The molecule has 0 fully saturated rings. The fraction of sp³-hybridized carbons (Fsp3) is 0.143. The second-order valence-corrected chi connectivity index (χ2v) is 4.69. The Hall–Kier alpha value is -1.87. The molecule has 3 nitrogen and oxygen atoms in total. The van der Waals surface area contributed by atoms with Crippen molar-refractivity contribution < 1.29 is 0 Å². The van der Waals surface area contributed by atoms with Gasteiger partial charge in [-0.1, -0.05) is 35.9 Å². The van der Waals surface area contributed by atoms with Gasteiger partial charge in [0.15, 0.2) is 0 Å². The monoisotopic (exact) mass is 257 g/mol. The Kier molecular flexibility index (Phi) is 2.56. The van der Waals surface area contributed by atoms with E-state index in [2.05, 4.69) is 29.0 Å². The minimum Gasteiger partial charge on any atom is -0.319 e. The average Bonchev–Trinajstić information content (AvgIpc) is 2.67. The van der Waals surface area contributed by atoms with Crippen molar-refractivity contribution in [3.05, 3.63) is 47.4 Å². The summed E-state index contributed by atoms with van der Waals surface area (Å²) in [5.74, 6) is 0.